The third kappa shape index (κ3) is 2.15. The highest BCUT2D eigenvalue weighted by atomic mass is 16.3. The van der Waals surface area contributed by atoms with E-state index < -0.39 is 0 Å². The minimum atomic E-state index is 0.133. The molecule has 4 atom stereocenters. The van der Waals surface area contributed by atoms with Crippen molar-refractivity contribution in [3.8, 4) is 0 Å². The number of aliphatic hydroxyl groups is 2. The van der Waals surface area contributed by atoms with Gasteiger partial charge in [0.05, 0.1) is 0 Å². The normalized spacial score (nSPS) is 28.9. The summed E-state index contributed by atoms with van der Waals surface area (Å²) in [4.78, 5) is 0. The van der Waals surface area contributed by atoms with E-state index >= 15 is 0 Å². The Morgan fingerprint density at radius 3 is 1.25 bits per heavy atom. The van der Waals surface area contributed by atoms with E-state index in [0.29, 0.717) is 11.8 Å². The van der Waals surface area contributed by atoms with Gasteiger partial charge in [0.15, 0.2) is 0 Å². The van der Waals surface area contributed by atoms with Gasteiger partial charge < -0.3 is 10.2 Å². The number of benzene rings is 2. The molecule has 0 radical (unpaired) electrons. The molecule has 1 aliphatic carbocycles. The van der Waals surface area contributed by atoms with Gasteiger partial charge in [-0.2, -0.15) is 0 Å². The van der Waals surface area contributed by atoms with E-state index in [1.165, 1.54) is 11.1 Å². The van der Waals surface area contributed by atoms with Crippen LogP contribution in [0.15, 0.2) is 60.7 Å². The zero-order valence-electron chi connectivity index (χ0n) is 11.4. The molecule has 0 saturated heterocycles. The van der Waals surface area contributed by atoms with Crippen molar-refractivity contribution in [2.45, 2.75) is 11.8 Å². The fraction of sp³-hybridized carbons (Fsp3) is 0.333. The van der Waals surface area contributed by atoms with E-state index in [0.717, 1.165) is 0 Å². The van der Waals surface area contributed by atoms with Crippen molar-refractivity contribution < 1.29 is 10.2 Å². The van der Waals surface area contributed by atoms with Crippen LogP contribution in [0.3, 0.4) is 0 Å². The van der Waals surface area contributed by atoms with Crippen LogP contribution in [0.25, 0.3) is 0 Å². The Hall–Kier alpha value is -1.64. The second-order valence-corrected chi connectivity index (χ2v) is 5.57. The van der Waals surface area contributed by atoms with Gasteiger partial charge in [-0.15, -0.1) is 0 Å². The van der Waals surface area contributed by atoms with Gasteiger partial charge in [-0.1, -0.05) is 60.7 Å². The summed E-state index contributed by atoms with van der Waals surface area (Å²) in [5.41, 5.74) is 2.51. The smallest absolute Gasteiger partial charge is 0.0469 e. The molecule has 3 rings (SSSR count). The molecule has 2 nitrogen and oxygen atoms in total. The van der Waals surface area contributed by atoms with Crippen molar-refractivity contribution in [1.82, 2.24) is 0 Å². The molecule has 2 aromatic carbocycles. The average molecular weight is 268 g/mol. The molecule has 104 valence electrons. The van der Waals surface area contributed by atoms with Crippen LogP contribution < -0.4 is 0 Å². The minimum Gasteiger partial charge on any atom is -0.396 e. The van der Waals surface area contributed by atoms with Crippen molar-refractivity contribution in [2.75, 3.05) is 13.2 Å². The van der Waals surface area contributed by atoms with Crippen LogP contribution in [0.2, 0.25) is 0 Å². The summed E-state index contributed by atoms with van der Waals surface area (Å²) < 4.78 is 0. The Morgan fingerprint density at radius 1 is 0.600 bits per heavy atom. The highest BCUT2D eigenvalue weighted by Gasteiger charge is 2.50. The first-order valence-corrected chi connectivity index (χ1v) is 7.18. The summed E-state index contributed by atoms with van der Waals surface area (Å²) in [6, 6.07) is 20.7. The Kier molecular flexibility index (Phi) is 3.86. The van der Waals surface area contributed by atoms with Gasteiger partial charge in [0.1, 0.15) is 0 Å². The maximum absolute atomic E-state index is 9.67. The maximum Gasteiger partial charge on any atom is 0.0469 e. The van der Waals surface area contributed by atoms with Crippen LogP contribution in [-0.2, 0) is 0 Å². The zero-order valence-corrected chi connectivity index (χ0v) is 11.4. The van der Waals surface area contributed by atoms with Crippen LogP contribution in [0.5, 0.6) is 0 Å². The number of aliphatic hydroxyl groups excluding tert-OH is 2. The lowest BCUT2D eigenvalue weighted by Gasteiger charge is -2.51. The fourth-order valence-electron chi connectivity index (χ4n) is 3.68. The van der Waals surface area contributed by atoms with Crippen molar-refractivity contribution in [3.63, 3.8) is 0 Å². The SMILES string of the molecule is OC[C@@H]1[C@H](CO)[C@H](c2ccccc2)[C@H]1c1ccccc1. The predicted octanol–water partition coefficient (Wildman–Crippen LogP) is 2.78. The van der Waals surface area contributed by atoms with E-state index in [1.807, 2.05) is 36.4 Å². The lowest BCUT2D eigenvalue weighted by Crippen LogP contribution is -2.47. The number of hydrogen-bond acceptors (Lipinski definition) is 2. The molecular formula is C18H20O2. The molecular weight excluding hydrogens is 248 g/mol. The molecule has 20 heavy (non-hydrogen) atoms. The van der Waals surface area contributed by atoms with Gasteiger partial charge in [0.2, 0.25) is 0 Å². The van der Waals surface area contributed by atoms with Crippen LogP contribution in [0, 0.1) is 11.8 Å². The molecule has 0 spiro atoms. The highest BCUT2D eigenvalue weighted by Crippen LogP contribution is 2.57. The molecule has 2 aromatic rings. The Balaban J connectivity index is 1.97. The summed E-state index contributed by atoms with van der Waals surface area (Å²) >= 11 is 0. The number of rotatable bonds is 4. The van der Waals surface area contributed by atoms with E-state index in [1.54, 1.807) is 0 Å². The molecule has 2 N–H and O–H groups in total. The van der Waals surface area contributed by atoms with E-state index in [-0.39, 0.29) is 25.0 Å². The van der Waals surface area contributed by atoms with Gasteiger partial charge >= 0.3 is 0 Å². The lowest BCUT2D eigenvalue weighted by molar-refractivity contribution is -0.00315. The van der Waals surface area contributed by atoms with Crippen LogP contribution in [0.4, 0.5) is 0 Å². The minimum absolute atomic E-state index is 0.133. The third-order valence-electron chi connectivity index (χ3n) is 4.65. The van der Waals surface area contributed by atoms with Gasteiger partial charge in [-0.25, -0.2) is 0 Å². The summed E-state index contributed by atoms with van der Waals surface area (Å²) in [6.45, 7) is 0.266. The first kappa shape index (κ1) is 13.3. The largest absolute Gasteiger partial charge is 0.396 e. The molecule has 0 aliphatic heterocycles. The zero-order chi connectivity index (χ0) is 13.9. The Labute approximate surface area is 119 Å². The molecule has 0 amide bonds. The average Bonchev–Trinajstić information content (AvgIpc) is 2.49. The Morgan fingerprint density at radius 2 is 0.950 bits per heavy atom. The molecule has 0 aromatic heterocycles. The summed E-state index contributed by atoms with van der Waals surface area (Å²) in [7, 11) is 0. The van der Waals surface area contributed by atoms with Crippen LogP contribution >= 0.6 is 0 Å². The molecule has 1 saturated carbocycles. The summed E-state index contributed by atoms with van der Waals surface area (Å²) in [6.07, 6.45) is 0. The molecule has 1 fully saturated rings. The second-order valence-electron chi connectivity index (χ2n) is 5.57. The fourth-order valence-corrected chi connectivity index (χ4v) is 3.68. The van der Waals surface area contributed by atoms with Crippen LogP contribution in [0.1, 0.15) is 23.0 Å². The van der Waals surface area contributed by atoms with Crippen molar-refractivity contribution >= 4 is 0 Å². The molecule has 0 bridgehead atoms. The summed E-state index contributed by atoms with van der Waals surface area (Å²) in [5, 5.41) is 19.3. The maximum atomic E-state index is 9.67. The third-order valence-corrected chi connectivity index (χ3v) is 4.65. The first-order chi connectivity index (χ1) is 9.86. The highest BCUT2D eigenvalue weighted by molar-refractivity contribution is 5.35. The molecule has 1 aliphatic rings. The van der Waals surface area contributed by atoms with Crippen LogP contribution in [-0.4, -0.2) is 23.4 Å². The summed E-state index contributed by atoms with van der Waals surface area (Å²) in [5.74, 6) is 0.877. The van der Waals surface area contributed by atoms with Gasteiger partial charge in [-0.3, -0.25) is 0 Å². The first-order valence-electron chi connectivity index (χ1n) is 7.18. The molecule has 0 unspecified atom stereocenters. The number of hydrogen-bond donors (Lipinski definition) is 2. The standard InChI is InChI=1S/C18H20O2/c19-11-15-16(12-20)18(14-9-5-2-6-10-14)17(15)13-7-3-1-4-8-13/h1-10,15-20H,11-12H2/t15-,16+,17-,18-/m0/s1. The Bertz CT molecular complexity index is 486. The molecule has 2 heteroatoms. The van der Waals surface area contributed by atoms with Gasteiger partial charge in [0.25, 0.3) is 0 Å². The monoisotopic (exact) mass is 268 g/mol. The van der Waals surface area contributed by atoms with Crippen molar-refractivity contribution in [3.05, 3.63) is 71.8 Å². The van der Waals surface area contributed by atoms with Crippen molar-refractivity contribution in [1.29, 1.82) is 0 Å². The second kappa shape index (κ2) is 5.78. The molecule has 0 heterocycles. The topological polar surface area (TPSA) is 40.5 Å². The van der Waals surface area contributed by atoms with E-state index in [4.69, 9.17) is 0 Å². The van der Waals surface area contributed by atoms with E-state index in [9.17, 15) is 10.2 Å². The quantitative estimate of drug-likeness (QED) is 0.895. The predicted molar refractivity (Wildman–Crippen MR) is 79.5 cm³/mol. The van der Waals surface area contributed by atoms with Gasteiger partial charge in [0, 0.05) is 13.2 Å². The van der Waals surface area contributed by atoms with Gasteiger partial charge in [-0.05, 0) is 34.8 Å². The lowest BCUT2D eigenvalue weighted by atomic mass is 9.53. The van der Waals surface area contributed by atoms with E-state index in [2.05, 4.69) is 24.3 Å². The van der Waals surface area contributed by atoms with Crippen molar-refractivity contribution in [2.24, 2.45) is 11.8 Å².